The minimum absolute atomic E-state index is 0.0819. The zero-order valence-corrected chi connectivity index (χ0v) is 26.8. The Balaban J connectivity index is 1.21. The summed E-state index contributed by atoms with van der Waals surface area (Å²) in [6.45, 7) is -0.395. The van der Waals surface area contributed by atoms with E-state index in [4.69, 9.17) is 51.5 Å². The number of halogens is 5. The number of rotatable bonds is 5. The highest BCUT2D eigenvalue weighted by molar-refractivity contribution is 6.36. The molecule has 1 saturated heterocycles. The van der Waals surface area contributed by atoms with Crippen molar-refractivity contribution < 1.29 is 18.8 Å². The summed E-state index contributed by atoms with van der Waals surface area (Å²) in [5.41, 5.74) is 3.17. The molecule has 0 N–H and O–H groups in total. The molecule has 0 bridgehead atoms. The molecule has 3 amide bonds. The van der Waals surface area contributed by atoms with E-state index >= 15 is 0 Å². The molecule has 4 atom stereocenters. The molecule has 3 aliphatic heterocycles. The fourth-order valence-corrected chi connectivity index (χ4v) is 7.48. The summed E-state index contributed by atoms with van der Waals surface area (Å²) in [6.07, 6.45) is 4.25. The van der Waals surface area contributed by atoms with Crippen molar-refractivity contribution >= 4 is 81.6 Å². The Bertz CT molecular complexity index is 1900. The van der Waals surface area contributed by atoms with E-state index in [-0.39, 0.29) is 11.6 Å². The Morgan fingerprint density at radius 3 is 2.43 bits per heavy atom. The lowest BCUT2D eigenvalue weighted by Gasteiger charge is -2.31. The molecule has 0 spiro atoms. The van der Waals surface area contributed by atoms with Crippen LogP contribution in [0.2, 0.25) is 20.1 Å². The molecule has 9 nitrogen and oxygen atoms in total. The molecule has 0 aromatic heterocycles. The van der Waals surface area contributed by atoms with E-state index in [0.717, 1.165) is 40.7 Å². The van der Waals surface area contributed by atoms with E-state index in [1.165, 1.54) is 28.2 Å². The van der Waals surface area contributed by atoms with E-state index in [9.17, 15) is 18.8 Å². The highest BCUT2D eigenvalue weighted by Crippen LogP contribution is 2.47. The number of hydrogen-bond donors (Lipinski definition) is 0. The zero-order valence-electron chi connectivity index (χ0n) is 23.8. The number of carbonyl (C=O) groups excluding carboxylic acids is 3. The molecule has 0 radical (unpaired) electrons. The van der Waals surface area contributed by atoms with E-state index in [1.807, 2.05) is 12.1 Å². The van der Waals surface area contributed by atoms with Crippen LogP contribution in [0.4, 0.5) is 10.1 Å². The third kappa shape index (κ3) is 5.37. The minimum atomic E-state index is -1.16. The lowest BCUT2D eigenvalue weighted by atomic mass is 9.77. The summed E-state index contributed by atoms with van der Waals surface area (Å²) in [5, 5.41) is 17.3. The number of carbonyl (C=O) groups is 3. The maximum atomic E-state index is 14.1. The van der Waals surface area contributed by atoms with Gasteiger partial charge in [-0.2, -0.15) is 10.2 Å². The van der Waals surface area contributed by atoms with E-state index in [2.05, 4.69) is 10.3 Å². The van der Waals surface area contributed by atoms with Gasteiger partial charge in [-0.05, 0) is 84.5 Å². The van der Waals surface area contributed by atoms with Crippen molar-refractivity contribution in [3.63, 3.8) is 0 Å². The van der Waals surface area contributed by atoms with Crippen LogP contribution < -0.4 is 4.90 Å². The Morgan fingerprint density at radius 2 is 1.70 bits per heavy atom. The van der Waals surface area contributed by atoms with Crippen LogP contribution in [-0.4, -0.2) is 52.1 Å². The standard InChI is InChI=1S/C32H23Cl4FN6O3/c33-18-8-7-16(24(35)12-18)11-17-3-1-6-23-27(17)39-43(29(23)22-10-9-19(34)13-25(22)36)26(44)15-41-30-28(38-40-41)31(45)42(32(30)46)21-5-2-4-20(37)14-21/h2,4-5,7-14,23,28-30H,1,3,6,15H2/b17-11+. The van der Waals surface area contributed by atoms with E-state index in [1.54, 1.807) is 30.3 Å². The second-order valence-corrected chi connectivity index (χ2v) is 13.0. The van der Waals surface area contributed by atoms with Gasteiger partial charge in [0.05, 0.1) is 17.4 Å². The first-order chi connectivity index (χ1) is 22.1. The Kier molecular flexibility index (Phi) is 8.09. The van der Waals surface area contributed by atoms with Crippen LogP contribution in [0.1, 0.15) is 36.4 Å². The Hall–Kier alpha value is -3.83. The fourth-order valence-electron chi connectivity index (χ4n) is 6.50. The number of hydrogen-bond acceptors (Lipinski definition) is 7. The van der Waals surface area contributed by atoms with E-state index < -0.39 is 48.2 Å². The average Bonchev–Trinajstić information content (AvgIpc) is 3.68. The lowest BCUT2D eigenvalue weighted by Crippen LogP contribution is -2.45. The van der Waals surface area contributed by atoms with Crippen molar-refractivity contribution in [3.8, 4) is 0 Å². The topological polar surface area (TPSA) is 98.0 Å². The first-order valence-corrected chi connectivity index (χ1v) is 15.9. The summed E-state index contributed by atoms with van der Waals surface area (Å²) in [7, 11) is 0. The Labute approximate surface area is 282 Å². The van der Waals surface area contributed by atoms with Crippen LogP contribution >= 0.6 is 46.4 Å². The predicted molar refractivity (Wildman–Crippen MR) is 173 cm³/mol. The molecule has 234 valence electrons. The number of benzene rings is 3. The second-order valence-electron chi connectivity index (χ2n) is 11.4. The Morgan fingerprint density at radius 1 is 0.935 bits per heavy atom. The number of amides is 3. The summed E-state index contributed by atoms with van der Waals surface area (Å²) < 4.78 is 13.9. The van der Waals surface area contributed by atoms with Crippen LogP contribution in [0.5, 0.6) is 0 Å². The van der Waals surface area contributed by atoms with Gasteiger partial charge in [-0.3, -0.25) is 19.4 Å². The van der Waals surface area contributed by atoms with Gasteiger partial charge in [0, 0.05) is 26.0 Å². The normalized spacial score (nSPS) is 24.6. The fraction of sp³-hybridized carbons (Fsp3) is 0.250. The van der Waals surface area contributed by atoms with Crippen molar-refractivity contribution in [3.05, 3.63) is 103 Å². The SMILES string of the molecule is O=C1C2N=NN(CC(=O)N3N=C4/C(=C/c5ccc(Cl)cc5Cl)CCCC4C3c3ccc(Cl)cc3Cl)C2C(=O)N1c1cccc(F)c1. The molecular weight excluding hydrogens is 677 g/mol. The van der Waals surface area contributed by atoms with Gasteiger partial charge < -0.3 is 0 Å². The van der Waals surface area contributed by atoms with Crippen LogP contribution in [-0.2, 0) is 14.4 Å². The van der Waals surface area contributed by atoms with Crippen LogP contribution in [0.25, 0.3) is 6.08 Å². The van der Waals surface area contributed by atoms with Gasteiger partial charge in [-0.1, -0.05) is 69.8 Å². The van der Waals surface area contributed by atoms with Gasteiger partial charge in [0.15, 0.2) is 12.1 Å². The third-order valence-electron chi connectivity index (χ3n) is 8.55. The van der Waals surface area contributed by atoms with Crippen molar-refractivity contribution in [2.75, 3.05) is 11.4 Å². The smallest absolute Gasteiger partial charge is 0.264 e. The summed E-state index contributed by atoms with van der Waals surface area (Å²) in [5.74, 6) is -2.57. The molecule has 4 unspecified atom stereocenters. The largest absolute Gasteiger partial charge is 0.271 e. The lowest BCUT2D eigenvalue weighted by molar-refractivity contribution is -0.136. The quantitative estimate of drug-likeness (QED) is 0.257. The molecule has 7 rings (SSSR count). The molecule has 3 aromatic carbocycles. The van der Waals surface area contributed by atoms with Crippen molar-refractivity contribution in [1.29, 1.82) is 0 Å². The predicted octanol–water partition coefficient (Wildman–Crippen LogP) is 7.56. The third-order valence-corrected chi connectivity index (χ3v) is 9.68. The highest BCUT2D eigenvalue weighted by Gasteiger charge is 2.56. The van der Waals surface area contributed by atoms with Crippen molar-refractivity contribution in [2.45, 2.75) is 37.4 Å². The number of imide groups is 1. The maximum Gasteiger partial charge on any atom is 0.264 e. The first-order valence-electron chi connectivity index (χ1n) is 14.4. The van der Waals surface area contributed by atoms with Gasteiger partial charge in [-0.15, -0.1) is 0 Å². The molecule has 46 heavy (non-hydrogen) atoms. The molecule has 3 heterocycles. The molecule has 2 fully saturated rings. The number of anilines is 1. The minimum Gasteiger partial charge on any atom is -0.271 e. The maximum absolute atomic E-state index is 14.1. The number of fused-ring (bicyclic) bond motifs is 2. The molecule has 4 aliphatic rings. The van der Waals surface area contributed by atoms with Gasteiger partial charge in [-0.25, -0.2) is 14.3 Å². The summed E-state index contributed by atoms with van der Waals surface area (Å²) in [6, 6.07) is 12.6. The molecule has 3 aromatic rings. The molecular formula is C32H23Cl4FN6O3. The van der Waals surface area contributed by atoms with Gasteiger partial charge in [0.25, 0.3) is 17.7 Å². The number of hydrazone groups is 1. The van der Waals surface area contributed by atoms with Crippen molar-refractivity contribution in [1.82, 2.24) is 10.0 Å². The number of nitrogens with zero attached hydrogens (tertiary/aromatic N) is 6. The van der Waals surface area contributed by atoms with Crippen LogP contribution in [0, 0.1) is 11.7 Å². The van der Waals surface area contributed by atoms with Gasteiger partial charge >= 0.3 is 0 Å². The first kappa shape index (κ1) is 30.8. The van der Waals surface area contributed by atoms with Gasteiger partial charge in [0.1, 0.15) is 12.4 Å². The summed E-state index contributed by atoms with van der Waals surface area (Å²) in [4.78, 5) is 41.6. The van der Waals surface area contributed by atoms with Crippen LogP contribution in [0.3, 0.4) is 0 Å². The average molecular weight is 700 g/mol. The van der Waals surface area contributed by atoms with Gasteiger partial charge in [0.2, 0.25) is 0 Å². The summed E-state index contributed by atoms with van der Waals surface area (Å²) >= 11 is 25.5. The van der Waals surface area contributed by atoms with Crippen LogP contribution in [0.15, 0.2) is 81.7 Å². The second kappa shape index (κ2) is 12.1. The zero-order chi connectivity index (χ0) is 32.3. The molecule has 14 heteroatoms. The molecule has 1 saturated carbocycles. The number of allylic oxidation sites excluding steroid dienone is 1. The monoisotopic (exact) mass is 698 g/mol. The molecule has 1 aliphatic carbocycles. The highest BCUT2D eigenvalue weighted by atomic mass is 35.5. The van der Waals surface area contributed by atoms with Crippen molar-refractivity contribution in [2.24, 2.45) is 21.4 Å². The van der Waals surface area contributed by atoms with E-state index in [0.29, 0.717) is 32.1 Å².